The smallest absolute Gasteiger partial charge is 0.383 e. The Labute approximate surface area is 102 Å². The van der Waals surface area contributed by atoms with E-state index in [1.54, 1.807) is 5.32 Å². The molecule has 0 spiro atoms. The molecule has 18 heavy (non-hydrogen) atoms. The number of nitrogens with one attached hydrogen (secondary N) is 1. The van der Waals surface area contributed by atoms with Crippen LogP contribution in [0.1, 0.15) is 19.3 Å². The Bertz CT molecular complexity index is 320. The Morgan fingerprint density at radius 2 is 2.11 bits per heavy atom. The van der Waals surface area contributed by atoms with E-state index in [1.807, 2.05) is 0 Å². The molecule has 0 aromatic heterocycles. The average molecular weight is 268 g/mol. The van der Waals surface area contributed by atoms with Crippen molar-refractivity contribution in [2.75, 3.05) is 19.6 Å². The fourth-order valence-electron chi connectivity index (χ4n) is 1.67. The predicted octanol–water partition coefficient (Wildman–Crippen LogP) is 0.0383. The van der Waals surface area contributed by atoms with Crippen molar-refractivity contribution >= 4 is 11.8 Å². The summed E-state index contributed by atoms with van der Waals surface area (Å²) in [4.78, 5) is 23.9. The first-order valence-corrected chi connectivity index (χ1v) is 5.60. The maximum absolute atomic E-state index is 11.9. The normalized spacial score (nSPS) is 21.7. The zero-order valence-corrected chi connectivity index (χ0v) is 9.66. The van der Waals surface area contributed by atoms with Crippen LogP contribution in [0, 0.1) is 0 Å². The molecular weight excluding hydrogens is 253 g/mol. The van der Waals surface area contributed by atoms with Gasteiger partial charge in [-0.25, -0.2) is 0 Å². The van der Waals surface area contributed by atoms with Crippen molar-refractivity contribution in [1.82, 2.24) is 10.2 Å². The number of rotatable bonds is 3. The molecule has 0 aromatic rings. The monoisotopic (exact) mass is 268 g/mol. The third-order valence-corrected chi connectivity index (χ3v) is 2.57. The number of nitrogens with zero attached hydrogens (tertiary/aromatic N) is 1. The van der Waals surface area contributed by atoms with Gasteiger partial charge in [-0.3, -0.25) is 9.59 Å². The van der Waals surface area contributed by atoms with Crippen molar-refractivity contribution in [2.45, 2.75) is 31.5 Å². The van der Waals surface area contributed by atoms with Gasteiger partial charge in [0.1, 0.15) is 12.6 Å². The highest BCUT2D eigenvalue weighted by molar-refractivity contribution is 5.87. The number of carbonyl (C=O) groups is 2. The third-order valence-electron chi connectivity index (χ3n) is 2.57. The number of carbonyl (C=O) groups excluding carboxylic acids is 2. The second kappa shape index (κ2) is 6.03. The molecule has 5 nitrogen and oxygen atoms in total. The second-order valence-electron chi connectivity index (χ2n) is 4.16. The summed E-state index contributed by atoms with van der Waals surface area (Å²) in [7, 11) is 0. The molecule has 1 atom stereocenters. The van der Waals surface area contributed by atoms with Gasteiger partial charge in [0.25, 0.3) is 5.91 Å². The molecule has 104 valence electrons. The number of hydrogen-bond acceptors (Lipinski definition) is 3. The maximum atomic E-state index is 11.9. The number of halogens is 3. The first kappa shape index (κ1) is 14.7. The second-order valence-corrected chi connectivity index (χ2v) is 4.16. The van der Waals surface area contributed by atoms with Gasteiger partial charge in [0.15, 0.2) is 0 Å². The van der Waals surface area contributed by atoms with Gasteiger partial charge < -0.3 is 15.3 Å². The fourth-order valence-corrected chi connectivity index (χ4v) is 1.67. The van der Waals surface area contributed by atoms with Crippen molar-refractivity contribution < 1.29 is 27.9 Å². The third kappa shape index (κ3) is 4.91. The van der Waals surface area contributed by atoms with Crippen LogP contribution in [0.2, 0.25) is 0 Å². The van der Waals surface area contributed by atoms with Crippen LogP contribution in [-0.2, 0) is 9.59 Å². The lowest BCUT2D eigenvalue weighted by Gasteiger charge is -2.21. The van der Waals surface area contributed by atoms with Crippen molar-refractivity contribution in [3.8, 4) is 0 Å². The molecule has 0 saturated carbocycles. The largest absolute Gasteiger partial charge is 0.405 e. The highest BCUT2D eigenvalue weighted by atomic mass is 19.4. The SMILES string of the molecule is O=C(CN1CCCCC(O)C1=O)NCC(F)(F)F. The standard InChI is InChI=1S/C10H15F3N2O3/c11-10(12,13)6-14-8(17)5-15-4-2-1-3-7(16)9(15)18/h7,16H,1-6H2,(H,14,17). The van der Waals surface area contributed by atoms with E-state index >= 15 is 0 Å². The molecule has 0 aromatic carbocycles. The molecular formula is C10H15F3N2O3. The number of alkyl halides is 3. The lowest BCUT2D eigenvalue weighted by Crippen LogP contribution is -2.45. The highest BCUT2D eigenvalue weighted by Crippen LogP contribution is 2.13. The number of amides is 2. The molecule has 0 radical (unpaired) electrons. The molecule has 8 heteroatoms. The first-order chi connectivity index (χ1) is 8.29. The van der Waals surface area contributed by atoms with Gasteiger partial charge in [0.05, 0.1) is 6.54 Å². The first-order valence-electron chi connectivity index (χ1n) is 5.60. The quantitative estimate of drug-likeness (QED) is 0.759. The minimum atomic E-state index is -4.47. The van der Waals surface area contributed by atoms with E-state index in [4.69, 9.17) is 0 Å². The van der Waals surface area contributed by atoms with E-state index in [0.29, 0.717) is 19.3 Å². The van der Waals surface area contributed by atoms with Crippen molar-refractivity contribution in [3.63, 3.8) is 0 Å². The molecule has 1 aliphatic rings. The molecule has 1 aliphatic heterocycles. The number of likely N-dealkylation sites (tertiary alicyclic amines) is 1. The van der Waals surface area contributed by atoms with Crippen LogP contribution in [0.15, 0.2) is 0 Å². The van der Waals surface area contributed by atoms with Gasteiger partial charge in [-0.2, -0.15) is 13.2 Å². The summed E-state index contributed by atoms with van der Waals surface area (Å²) in [6.45, 7) is -1.60. The van der Waals surface area contributed by atoms with Crippen LogP contribution in [0.25, 0.3) is 0 Å². The molecule has 0 bridgehead atoms. The molecule has 1 rings (SSSR count). The van der Waals surface area contributed by atoms with Gasteiger partial charge in [-0.15, -0.1) is 0 Å². The van der Waals surface area contributed by atoms with Crippen LogP contribution in [-0.4, -0.2) is 53.7 Å². The summed E-state index contributed by atoms with van der Waals surface area (Å²) in [5, 5.41) is 11.1. The lowest BCUT2D eigenvalue weighted by molar-refractivity contribution is -0.145. The van der Waals surface area contributed by atoms with Gasteiger partial charge in [-0.1, -0.05) is 0 Å². The molecule has 1 unspecified atom stereocenters. The van der Waals surface area contributed by atoms with E-state index in [2.05, 4.69) is 0 Å². The van der Waals surface area contributed by atoms with Crippen LogP contribution in [0.5, 0.6) is 0 Å². The van der Waals surface area contributed by atoms with E-state index < -0.39 is 37.2 Å². The summed E-state index contributed by atoms with van der Waals surface area (Å²) in [6.07, 6.45) is -4.05. The fraction of sp³-hybridized carbons (Fsp3) is 0.800. The van der Waals surface area contributed by atoms with E-state index in [9.17, 15) is 27.9 Å². The summed E-state index contributed by atoms with van der Waals surface area (Å²) in [5.41, 5.74) is 0. The van der Waals surface area contributed by atoms with Crippen molar-refractivity contribution in [3.05, 3.63) is 0 Å². The minimum Gasteiger partial charge on any atom is -0.383 e. The van der Waals surface area contributed by atoms with Crippen LogP contribution >= 0.6 is 0 Å². The number of hydrogen-bond donors (Lipinski definition) is 2. The van der Waals surface area contributed by atoms with Gasteiger partial charge in [0.2, 0.25) is 5.91 Å². The van der Waals surface area contributed by atoms with Crippen molar-refractivity contribution in [2.24, 2.45) is 0 Å². The van der Waals surface area contributed by atoms with Crippen LogP contribution < -0.4 is 5.32 Å². The van der Waals surface area contributed by atoms with Gasteiger partial charge in [-0.05, 0) is 19.3 Å². The van der Waals surface area contributed by atoms with E-state index in [0.717, 1.165) is 4.90 Å². The van der Waals surface area contributed by atoms with E-state index in [1.165, 1.54) is 0 Å². The summed E-state index contributed by atoms with van der Waals surface area (Å²) in [5.74, 6) is -1.48. The van der Waals surface area contributed by atoms with Gasteiger partial charge in [0, 0.05) is 6.54 Å². The van der Waals surface area contributed by atoms with Gasteiger partial charge >= 0.3 is 6.18 Å². The molecule has 0 aliphatic carbocycles. The van der Waals surface area contributed by atoms with E-state index in [-0.39, 0.29) is 6.54 Å². The zero-order valence-electron chi connectivity index (χ0n) is 9.66. The minimum absolute atomic E-state index is 0.273. The summed E-state index contributed by atoms with van der Waals surface area (Å²) >= 11 is 0. The highest BCUT2D eigenvalue weighted by Gasteiger charge is 2.30. The number of aliphatic hydroxyl groups is 1. The molecule has 1 saturated heterocycles. The lowest BCUT2D eigenvalue weighted by atomic mass is 10.2. The average Bonchev–Trinajstić information content (AvgIpc) is 2.41. The number of aliphatic hydroxyl groups excluding tert-OH is 1. The topological polar surface area (TPSA) is 69.6 Å². The van der Waals surface area contributed by atoms with Crippen LogP contribution in [0.4, 0.5) is 13.2 Å². The Morgan fingerprint density at radius 3 is 2.72 bits per heavy atom. The summed E-state index contributed by atoms with van der Waals surface area (Å²) < 4.78 is 35.6. The molecule has 1 heterocycles. The Hall–Kier alpha value is -1.31. The predicted molar refractivity (Wildman–Crippen MR) is 55.5 cm³/mol. The molecule has 2 N–H and O–H groups in total. The Kier molecular flexibility index (Phi) is 4.94. The van der Waals surface area contributed by atoms with Crippen LogP contribution in [0.3, 0.4) is 0 Å². The molecule has 2 amide bonds. The summed E-state index contributed by atoms with van der Waals surface area (Å²) in [6, 6.07) is 0. The Balaban J connectivity index is 2.45. The maximum Gasteiger partial charge on any atom is 0.405 e. The zero-order chi connectivity index (χ0) is 13.8. The van der Waals surface area contributed by atoms with Crippen molar-refractivity contribution in [1.29, 1.82) is 0 Å². The molecule has 1 fully saturated rings. The Morgan fingerprint density at radius 1 is 1.44 bits per heavy atom.